The molecule has 2 aromatic carbocycles. The molecule has 0 heterocycles. The lowest BCUT2D eigenvalue weighted by Crippen LogP contribution is -2.37. The number of nitrogens with zero attached hydrogens (tertiary/aromatic N) is 1. The summed E-state index contributed by atoms with van der Waals surface area (Å²) in [5, 5.41) is 3.08. The Morgan fingerprint density at radius 3 is 1.78 bits per heavy atom. The third-order valence-corrected chi connectivity index (χ3v) is 3.68. The summed E-state index contributed by atoms with van der Waals surface area (Å²) >= 11 is 0. The van der Waals surface area contributed by atoms with Crippen LogP contribution < -0.4 is 5.32 Å². The van der Waals surface area contributed by atoms with E-state index in [4.69, 9.17) is 0 Å². The summed E-state index contributed by atoms with van der Waals surface area (Å²) in [4.78, 5) is 14.7. The number of hydrogen-bond donors (Lipinski definition) is 1. The fourth-order valence-corrected chi connectivity index (χ4v) is 2.52. The van der Waals surface area contributed by atoms with Crippen molar-refractivity contribution in [3.8, 4) is 0 Å². The average Bonchev–Trinajstić information content (AvgIpc) is 2.56. The Hall–Kier alpha value is -1.84. The van der Waals surface area contributed by atoms with Crippen LogP contribution in [0.4, 0.5) is 0 Å². The minimum absolute atomic E-state index is 0. The monoisotopic (exact) mass is 332 g/mol. The molecule has 0 radical (unpaired) electrons. The van der Waals surface area contributed by atoms with Crippen LogP contribution in [0.15, 0.2) is 60.7 Å². The zero-order valence-corrected chi connectivity index (χ0v) is 14.6. The number of rotatable bonds is 7. The van der Waals surface area contributed by atoms with Crippen LogP contribution in [-0.4, -0.2) is 24.4 Å². The van der Waals surface area contributed by atoms with Crippen LogP contribution in [0.3, 0.4) is 0 Å². The second-order valence-electron chi connectivity index (χ2n) is 5.62. The molecule has 4 heteroatoms. The molecule has 1 N–H and O–H groups in total. The van der Waals surface area contributed by atoms with Crippen LogP contribution in [0, 0.1) is 5.92 Å². The number of carbonyl (C=O) groups excluding carboxylic acids is 1. The van der Waals surface area contributed by atoms with Crippen molar-refractivity contribution in [2.45, 2.75) is 20.0 Å². The van der Waals surface area contributed by atoms with Gasteiger partial charge in [-0.15, -0.1) is 12.4 Å². The normalized spacial score (nSPS) is 11.4. The largest absolute Gasteiger partial charge is 0.334 e. The highest BCUT2D eigenvalue weighted by molar-refractivity contribution is 5.85. The summed E-state index contributed by atoms with van der Waals surface area (Å²) in [5.41, 5.74) is 2.31. The number of hydrogen-bond acceptors (Lipinski definition) is 2. The van der Waals surface area contributed by atoms with E-state index in [0.29, 0.717) is 19.6 Å². The molecule has 0 aromatic heterocycles. The molecular formula is C19H25ClN2O. The van der Waals surface area contributed by atoms with Crippen LogP contribution in [0.2, 0.25) is 0 Å². The molecule has 1 unspecified atom stereocenters. The van der Waals surface area contributed by atoms with E-state index in [1.807, 2.05) is 55.3 Å². The van der Waals surface area contributed by atoms with Crippen LogP contribution in [-0.2, 0) is 17.9 Å². The molecule has 0 aliphatic carbocycles. The minimum Gasteiger partial charge on any atom is -0.334 e. The van der Waals surface area contributed by atoms with Gasteiger partial charge >= 0.3 is 0 Å². The van der Waals surface area contributed by atoms with Crippen molar-refractivity contribution in [1.29, 1.82) is 0 Å². The first-order valence-electron chi connectivity index (χ1n) is 7.72. The van der Waals surface area contributed by atoms with Gasteiger partial charge in [0.25, 0.3) is 0 Å². The molecule has 0 aliphatic rings. The first-order valence-corrected chi connectivity index (χ1v) is 7.72. The molecule has 0 saturated carbocycles. The van der Waals surface area contributed by atoms with Gasteiger partial charge in [-0.05, 0) is 18.2 Å². The van der Waals surface area contributed by atoms with Gasteiger partial charge in [-0.2, -0.15) is 0 Å². The molecule has 124 valence electrons. The van der Waals surface area contributed by atoms with E-state index in [1.54, 1.807) is 0 Å². The first-order chi connectivity index (χ1) is 10.7. The molecule has 0 aliphatic heterocycles. The van der Waals surface area contributed by atoms with Crippen molar-refractivity contribution < 1.29 is 4.79 Å². The van der Waals surface area contributed by atoms with E-state index in [9.17, 15) is 4.79 Å². The van der Waals surface area contributed by atoms with E-state index < -0.39 is 0 Å². The maximum Gasteiger partial charge on any atom is 0.227 e. The Balaban J connectivity index is 0.00000264. The second-order valence-corrected chi connectivity index (χ2v) is 5.62. The third kappa shape index (κ3) is 6.05. The molecule has 0 fully saturated rings. The Bertz CT molecular complexity index is 533. The van der Waals surface area contributed by atoms with Gasteiger partial charge in [0.1, 0.15) is 0 Å². The highest BCUT2D eigenvalue weighted by atomic mass is 35.5. The van der Waals surface area contributed by atoms with Gasteiger partial charge in [-0.1, -0.05) is 67.6 Å². The molecular weight excluding hydrogens is 308 g/mol. The number of halogens is 1. The lowest BCUT2D eigenvalue weighted by atomic mass is 10.1. The summed E-state index contributed by atoms with van der Waals surface area (Å²) in [6.07, 6.45) is 0. The SMILES string of the molecule is CNCC(C)C(=O)N(Cc1ccccc1)Cc1ccccc1.Cl. The predicted octanol–water partition coefficient (Wildman–Crippen LogP) is 3.49. The summed E-state index contributed by atoms with van der Waals surface area (Å²) in [6.45, 7) is 3.95. The van der Waals surface area contributed by atoms with Gasteiger partial charge in [-0.25, -0.2) is 0 Å². The van der Waals surface area contributed by atoms with Crippen LogP contribution >= 0.6 is 12.4 Å². The molecule has 2 aromatic rings. The highest BCUT2D eigenvalue weighted by Crippen LogP contribution is 2.13. The van der Waals surface area contributed by atoms with Crippen molar-refractivity contribution >= 4 is 18.3 Å². The van der Waals surface area contributed by atoms with Gasteiger partial charge in [-0.3, -0.25) is 4.79 Å². The Labute approximate surface area is 145 Å². The van der Waals surface area contributed by atoms with E-state index in [0.717, 1.165) is 11.1 Å². The van der Waals surface area contributed by atoms with Crippen molar-refractivity contribution in [3.05, 3.63) is 71.8 Å². The van der Waals surface area contributed by atoms with E-state index in [2.05, 4.69) is 29.6 Å². The summed E-state index contributed by atoms with van der Waals surface area (Å²) in [7, 11) is 1.88. The molecule has 0 saturated heterocycles. The van der Waals surface area contributed by atoms with Crippen molar-refractivity contribution in [2.24, 2.45) is 5.92 Å². The van der Waals surface area contributed by atoms with Crippen LogP contribution in [0.5, 0.6) is 0 Å². The lowest BCUT2D eigenvalue weighted by molar-refractivity contribution is -0.136. The summed E-state index contributed by atoms with van der Waals surface area (Å²) < 4.78 is 0. The topological polar surface area (TPSA) is 32.3 Å². The molecule has 23 heavy (non-hydrogen) atoms. The standard InChI is InChI=1S/C19H24N2O.ClH/c1-16(13-20-2)19(22)21(14-17-9-5-3-6-10-17)15-18-11-7-4-8-12-18;/h3-12,16,20H,13-15H2,1-2H3;1H. The van der Waals surface area contributed by atoms with Gasteiger partial charge in [0.15, 0.2) is 0 Å². The maximum atomic E-state index is 12.7. The lowest BCUT2D eigenvalue weighted by Gasteiger charge is -2.26. The molecule has 0 spiro atoms. The van der Waals surface area contributed by atoms with Gasteiger partial charge in [0.2, 0.25) is 5.91 Å². The molecule has 1 atom stereocenters. The van der Waals surface area contributed by atoms with Crippen LogP contribution in [0.1, 0.15) is 18.1 Å². The second kappa shape index (κ2) is 10.0. The number of amides is 1. The Kier molecular flexibility index (Phi) is 8.38. The molecule has 1 amide bonds. The third-order valence-electron chi connectivity index (χ3n) is 3.68. The smallest absolute Gasteiger partial charge is 0.227 e. The number of benzene rings is 2. The van der Waals surface area contributed by atoms with E-state index in [1.165, 1.54) is 0 Å². The average molecular weight is 333 g/mol. The van der Waals surface area contributed by atoms with Crippen molar-refractivity contribution in [2.75, 3.05) is 13.6 Å². The quantitative estimate of drug-likeness (QED) is 0.841. The first kappa shape index (κ1) is 19.2. The van der Waals surface area contributed by atoms with Crippen molar-refractivity contribution in [1.82, 2.24) is 10.2 Å². The fourth-order valence-electron chi connectivity index (χ4n) is 2.52. The fraction of sp³-hybridized carbons (Fsp3) is 0.316. The van der Waals surface area contributed by atoms with Gasteiger partial charge in [0.05, 0.1) is 0 Å². The Morgan fingerprint density at radius 1 is 0.957 bits per heavy atom. The molecule has 0 bridgehead atoms. The highest BCUT2D eigenvalue weighted by Gasteiger charge is 2.20. The summed E-state index contributed by atoms with van der Waals surface area (Å²) in [6, 6.07) is 20.3. The summed E-state index contributed by atoms with van der Waals surface area (Å²) in [5.74, 6) is 0.152. The minimum atomic E-state index is -0.0302. The maximum absolute atomic E-state index is 12.7. The van der Waals surface area contributed by atoms with Gasteiger partial charge in [0, 0.05) is 25.6 Å². The molecule has 3 nitrogen and oxygen atoms in total. The number of nitrogens with one attached hydrogen (secondary N) is 1. The zero-order chi connectivity index (χ0) is 15.8. The van der Waals surface area contributed by atoms with Crippen molar-refractivity contribution in [3.63, 3.8) is 0 Å². The van der Waals surface area contributed by atoms with E-state index in [-0.39, 0.29) is 24.2 Å². The van der Waals surface area contributed by atoms with Crippen LogP contribution in [0.25, 0.3) is 0 Å². The predicted molar refractivity (Wildman–Crippen MR) is 97.5 cm³/mol. The van der Waals surface area contributed by atoms with E-state index >= 15 is 0 Å². The number of carbonyl (C=O) groups is 1. The molecule has 2 rings (SSSR count). The zero-order valence-electron chi connectivity index (χ0n) is 13.7. The van der Waals surface area contributed by atoms with Gasteiger partial charge < -0.3 is 10.2 Å². The Morgan fingerprint density at radius 2 is 1.39 bits per heavy atom.